The average molecular weight is 234 g/mol. The van der Waals surface area contributed by atoms with Gasteiger partial charge < -0.3 is 0 Å². The minimum absolute atomic E-state index is 0.130. The minimum Gasteiger partial charge on any atom is -0.300 e. The first-order chi connectivity index (χ1) is 8.06. The maximum Gasteiger partial charge on any atom is 0.137 e. The Labute approximate surface area is 99.8 Å². The molecule has 0 heterocycles. The number of carbonyl (C=O) groups excluding carboxylic acids is 2. The van der Waals surface area contributed by atoms with Crippen molar-refractivity contribution in [3.8, 4) is 0 Å². The highest BCUT2D eigenvalue weighted by molar-refractivity contribution is 5.94. The molecule has 0 amide bonds. The third-order valence-electron chi connectivity index (χ3n) is 3.30. The molecule has 1 fully saturated rings. The number of ketones is 2. The lowest BCUT2D eigenvalue weighted by Crippen LogP contribution is -2.26. The zero-order chi connectivity index (χ0) is 12.4. The maximum absolute atomic E-state index is 13.4. The number of hydrogen-bond donors (Lipinski definition) is 0. The zero-order valence-electron chi connectivity index (χ0n) is 9.83. The summed E-state index contributed by atoms with van der Waals surface area (Å²) in [7, 11) is 0. The summed E-state index contributed by atoms with van der Waals surface area (Å²) in [5.74, 6) is -0.233. The van der Waals surface area contributed by atoms with E-state index in [1.165, 1.54) is 6.07 Å². The average Bonchev–Trinajstić information content (AvgIpc) is 2.29. The van der Waals surface area contributed by atoms with Crippen LogP contribution in [0.1, 0.15) is 30.4 Å². The van der Waals surface area contributed by atoms with Gasteiger partial charge in [-0.3, -0.25) is 9.59 Å². The highest BCUT2D eigenvalue weighted by atomic mass is 19.1. The van der Waals surface area contributed by atoms with Crippen LogP contribution in [0.5, 0.6) is 0 Å². The van der Waals surface area contributed by atoms with Gasteiger partial charge in [0, 0.05) is 25.2 Å². The number of rotatable bonds is 2. The van der Waals surface area contributed by atoms with E-state index in [0.717, 1.165) is 5.56 Å². The topological polar surface area (TPSA) is 34.1 Å². The van der Waals surface area contributed by atoms with E-state index in [4.69, 9.17) is 0 Å². The molecule has 0 aliphatic heterocycles. The summed E-state index contributed by atoms with van der Waals surface area (Å²) in [5, 5.41) is 0. The Morgan fingerprint density at radius 1 is 1.29 bits per heavy atom. The fraction of sp³-hybridized carbons (Fsp3) is 0.429. The highest BCUT2D eigenvalue weighted by Gasteiger charge is 2.27. The number of carbonyl (C=O) groups is 2. The van der Waals surface area contributed by atoms with E-state index in [9.17, 15) is 14.0 Å². The summed E-state index contributed by atoms with van der Waals surface area (Å²) in [5.41, 5.74) is 1.39. The van der Waals surface area contributed by atoms with Gasteiger partial charge in [0.2, 0.25) is 0 Å². The molecule has 1 aliphatic carbocycles. The molecule has 2 nitrogen and oxygen atoms in total. The molecule has 0 radical (unpaired) electrons. The van der Waals surface area contributed by atoms with Gasteiger partial charge in [-0.1, -0.05) is 12.1 Å². The summed E-state index contributed by atoms with van der Waals surface area (Å²) in [6.45, 7) is 1.70. The molecular formula is C14H15FO2. The van der Waals surface area contributed by atoms with Crippen molar-refractivity contribution in [3.05, 3.63) is 35.1 Å². The lowest BCUT2D eigenvalue weighted by atomic mass is 9.83. The Morgan fingerprint density at radius 2 is 2.06 bits per heavy atom. The number of Topliss-reactive ketones (excluding diaryl/α,β-unsaturated/α-hetero) is 2. The number of aryl methyl sites for hydroxylation is 1. The van der Waals surface area contributed by atoms with E-state index in [1.807, 2.05) is 6.07 Å². The monoisotopic (exact) mass is 234 g/mol. The van der Waals surface area contributed by atoms with Crippen molar-refractivity contribution in [2.24, 2.45) is 5.92 Å². The van der Waals surface area contributed by atoms with E-state index >= 15 is 0 Å². The predicted molar refractivity (Wildman–Crippen MR) is 62.2 cm³/mol. The second-order valence-electron chi connectivity index (χ2n) is 4.69. The van der Waals surface area contributed by atoms with Gasteiger partial charge in [0.05, 0.1) is 0 Å². The number of halogens is 1. The van der Waals surface area contributed by atoms with Gasteiger partial charge in [-0.2, -0.15) is 0 Å². The van der Waals surface area contributed by atoms with E-state index < -0.39 is 0 Å². The van der Waals surface area contributed by atoms with Crippen molar-refractivity contribution >= 4 is 11.6 Å². The maximum atomic E-state index is 13.4. The van der Waals surface area contributed by atoms with Gasteiger partial charge in [0.15, 0.2) is 0 Å². The van der Waals surface area contributed by atoms with Crippen LogP contribution in [-0.4, -0.2) is 11.6 Å². The van der Waals surface area contributed by atoms with Crippen molar-refractivity contribution in [1.82, 2.24) is 0 Å². The van der Waals surface area contributed by atoms with Crippen molar-refractivity contribution in [1.29, 1.82) is 0 Å². The fourth-order valence-electron chi connectivity index (χ4n) is 2.19. The van der Waals surface area contributed by atoms with Crippen LogP contribution in [0.25, 0.3) is 0 Å². The largest absolute Gasteiger partial charge is 0.300 e. The molecule has 90 valence electrons. The molecule has 1 unspecified atom stereocenters. The zero-order valence-corrected chi connectivity index (χ0v) is 9.83. The number of hydrogen-bond acceptors (Lipinski definition) is 2. The Hall–Kier alpha value is -1.51. The fourth-order valence-corrected chi connectivity index (χ4v) is 2.19. The second kappa shape index (κ2) is 4.78. The van der Waals surface area contributed by atoms with Crippen molar-refractivity contribution in [2.45, 2.75) is 32.6 Å². The SMILES string of the molecule is Cc1ccc(CC2CC(=O)CCC2=O)cc1F. The third kappa shape index (κ3) is 2.78. The van der Waals surface area contributed by atoms with Crippen molar-refractivity contribution in [3.63, 3.8) is 0 Å². The molecule has 0 bridgehead atoms. The molecule has 3 heteroatoms. The van der Waals surface area contributed by atoms with Crippen LogP contribution in [0.3, 0.4) is 0 Å². The summed E-state index contributed by atoms with van der Waals surface area (Å²) < 4.78 is 13.4. The lowest BCUT2D eigenvalue weighted by molar-refractivity contribution is -0.132. The molecule has 0 spiro atoms. The quantitative estimate of drug-likeness (QED) is 0.788. The van der Waals surface area contributed by atoms with Gasteiger partial charge in [-0.25, -0.2) is 4.39 Å². The molecule has 0 saturated heterocycles. The van der Waals surface area contributed by atoms with Gasteiger partial charge in [-0.15, -0.1) is 0 Å². The van der Waals surface area contributed by atoms with Crippen molar-refractivity contribution in [2.75, 3.05) is 0 Å². The molecule has 1 saturated carbocycles. The Morgan fingerprint density at radius 3 is 2.76 bits per heavy atom. The normalized spacial score (nSPS) is 20.7. The summed E-state index contributed by atoms with van der Waals surface area (Å²) in [6.07, 6.45) is 1.51. The smallest absolute Gasteiger partial charge is 0.137 e. The van der Waals surface area contributed by atoms with Gasteiger partial charge in [0.25, 0.3) is 0 Å². The summed E-state index contributed by atoms with van der Waals surface area (Å²) in [4.78, 5) is 23.0. The predicted octanol–water partition coefficient (Wildman–Crippen LogP) is 2.61. The Bertz CT molecular complexity index is 465. The van der Waals surface area contributed by atoms with Crippen LogP contribution >= 0.6 is 0 Å². The minimum atomic E-state index is -0.253. The molecular weight excluding hydrogens is 219 g/mol. The molecule has 1 atom stereocenters. The lowest BCUT2D eigenvalue weighted by Gasteiger charge is -2.19. The van der Waals surface area contributed by atoms with Crippen LogP contribution in [0.15, 0.2) is 18.2 Å². The molecule has 2 rings (SSSR count). The molecule has 0 aromatic heterocycles. The standard InChI is InChI=1S/C14H15FO2/c1-9-2-3-10(7-13(9)15)6-11-8-12(16)4-5-14(11)17/h2-3,7,11H,4-6,8H2,1H3. The van der Waals surface area contributed by atoms with E-state index in [0.29, 0.717) is 31.2 Å². The van der Waals surface area contributed by atoms with E-state index in [2.05, 4.69) is 0 Å². The highest BCUT2D eigenvalue weighted by Crippen LogP contribution is 2.23. The molecule has 0 N–H and O–H groups in total. The van der Waals surface area contributed by atoms with Gasteiger partial charge in [-0.05, 0) is 30.5 Å². The molecule has 1 aromatic rings. The summed E-state index contributed by atoms with van der Waals surface area (Å²) in [6, 6.07) is 4.99. The Kier molecular flexibility index (Phi) is 3.36. The van der Waals surface area contributed by atoms with Crippen LogP contribution in [0.4, 0.5) is 4.39 Å². The van der Waals surface area contributed by atoms with Crippen LogP contribution in [0.2, 0.25) is 0 Å². The Balaban J connectivity index is 2.11. The van der Waals surface area contributed by atoms with Crippen LogP contribution < -0.4 is 0 Å². The number of benzene rings is 1. The first-order valence-corrected chi connectivity index (χ1v) is 5.85. The van der Waals surface area contributed by atoms with Gasteiger partial charge in [0.1, 0.15) is 17.4 Å². The first kappa shape index (κ1) is 12.0. The summed E-state index contributed by atoms with van der Waals surface area (Å²) >= 11 is 0. The second-order valence-corrected chi connectivity index (χ2v) is 4.69. The van der Waals surface area contributed by atoms with E-state index in [-0.39, 0.29) is 23.3 Å². The third-order valence-corrected chi connectivity index (χ3v) is 3.30. The van der Waals surface area contributed by atoms with Gasteiger partial charge >= 0.3 is 0 Å². The molecule has 17 heavy (non-hydrogen) atoms. The molecule has 1 aromatic carbocycles. The van der Waals surface area contributed by atoms with Crippen LogP contribution in [-0.2, 0) is 16.0 Å². The van der Waals surface area contributed by atoms with Crippen LogP contribution in [0, 0.1) is 18.7 Å². The van der Waals surface area contributed by atoms with E-state index in [1.54, 1.807) is 13.0 Å². The molecule has 1 aliphatic rings. The first-order valence-electron chi connectivity index (χ1n) is 5.85. The van der Waals surface area contributed by atoms with Crippen molar-refractivity contribution < 1.29 is 14.0 Å².